The minimum atomic E-state index is -0.352. The molecule has 0 aliphatic carbocycles. The van der Waals surface area contributed by atoms with Crippen LogP contribution in [0.5, 0.6) is 5.75 Å². The summed E-state index contributed by atoms with van der Waals surface area (Å²) < 4.78 is 18.2. The van der Waals surface area contributed by atoms with E-state index in [1.165, 1.54) is 12.1 Å². The molecule has 2 rings (SSSR count). The molecule has 0 radical (unpaired) electrons. The number of aromatic nitrogens is 1. The van der Waals surface area contributed by atoms with E-state index in [0.717, 1.165) is 5.56 Å². The molecule has 0 aliphatic rings. The van der Waals surface area contributed by atoms with E-state index in [-0.39, 0.29) is 5.82 Å². The summed E-state index contributed by atoms with van der Waals surface area (Å²) in [5.41, 5.74) is 0.743. The number of ether oxygens (including phenoxy) is 1. The van der Waals surface area contributed by atoms with Crippen molar-refractivity contribution in [3.8, 4) is 5.75 Å². The van der Waals surface area contributed by atoms with Crippen molar-refractivity contribution in [2.75, 3.05) is 0 Å². The quantitative estimate of drug-likeness (QED) is 0.816. The fourth-order valence-corrected chi connectivity index (χ4v) is 1.45. The van der Waals surface area contributed by atoms with Crippen LogP contribution in [0.1, 0.15) is 5.56 Å². The van der Waals surface area contributed by atoms with E-state index in [1.807, 2.05) is 0 Å². The van der Waals surface area contributed by atoms with Gasteiger partial charge in [0.15, 0.2) is 0 Å². The van der Waals surface area contributed by atoms with Gasteiger partial charge in [-0.05, 0) is 24.3 Å². The molecule has 1 aromatic heterocycles. The van der Waals surface area contributed by atoms with Crippen LogP contribution in [0.3, 0.4) is 0 Å². The number of pyridine rings is 1. The average molecular weight is 238 g/mol. The van der Waals surface area contributed by atoms with Gasteiger partial charge in [-0.25, -0.2) is 4.39 Å². The van der Waals surface area contributed by atoms with Gasteiger partial charge in [0.05, 0.1) is 11.2 Å². The van der Waals surface area contributed by atoms with Crippen molar-refractivity contribution in [2.45, 2.75) is 6.61 Å². The molecule has 0 spiro atoms. The lowest BCUT2D eigenvalue weighted by Crippen LogP contribution is -1.96. The molecule has 0 saturated heterocycles. The Labute approximate surface area is 97.7 Å². The zero-order valence-corrected chi connectivity index (χ0v) is 9.12. The monoisotopic (exact) mass is 237 g/mol. The number of halogens is 2. The van der Waals surface area contributed by atoms with Crippen molar-refractivity contribution in [1.82, 2.24) is 4.98 Å². The van der Waals surface area contributed by atoms with Crippen LogP contribution in [0.25, 0.3) is 0 Å². The molecule has 0 saturated carbocycles. The lowest BCUT2D eigenvalue weighted by molar-refractivity contribution is 0.305. The maximum atomic E-state index is 12.8. The average Bonchev–Trinajstić information content (AvgIpc) is 2.29. The first-order valence-electron chi connectivity index (χ1n) is 4.72. The molecular formula is C12H9ClFNO. The maximum Gasteiger partial charge on any atom is 0.138 e. The second kappa shape index (κ2) is 4.94. The highest BCUT2D eigenvalue weighted by atomic mass is 35.5. The number of hydrogen-bond donors (Lipinski definition) is 0. The fourth-order valence-electron chi connectivity index (χ4n) is 1.23. The standard InChI is InChI=1S/C12H9ClFNO/c13-12-6-10(14)4-3-9(12)8-16-11-2-1-5-15-7-11/h1-7H,8H2. The summed E-state index contributed by atoms with van der Waals surface area (Å²) in [5.74, 6) is 0.304. The largest absolute Gasteiger partial charge is 0.487 e. The Balaban J connectivity index is 2.05. The molecule has 0 N–H and O–H groups in total. The highest BCUT2D eigenvalue weighted by Crippen LogP contribution is 2.19. The Morgan fingerprint density at radius 2 is 2.19 bits per heavy atom. The van der Waals surface area contributed by atoms with Gasteiger partial charge in [-0.3, -0.25) is 4.98 Å². The molecule has 0 aliphatic heterocycles. The van der Waals surface area contributed by atoms with Crippen LogP contribution in [0.15, 0.2) is 42.7 Å². The Morgan fingerprint density at radius 1 is 1.31 bits per heavy atom. The van der Waals surface area contributed by atoms with Gasteiger partial charge in [0.2, 0.25) is 0 Å². The normalized spacial score (nSPS) is 10.1. The number of hydrogen-bond acceptors (Lipinski definition) is 2. The lowest BCUT2D eigenvalue weighted by Gasteiger charge is -2.07. The molecule has 0 atom stereocenters. The summed E-state index contributed by atoms with van der Waals surface area (Å²) in [5, 5.41) is 0.365. The van der Waals surface area contributed by atoms with E-state index >= 15 is 0 Å². The molecule has 0 unspecified atom stereocenters. The third-order valence-corrected chi connectivity index (χ3v) is 2.40. The Kier molecular flexibility index (Phi) is 3.37. The van der Waals surface area contributed by atoms with E-state index < -0.39 is 0 Å². The number of nitrogens with zero attached hydrogens (tertiary/aromatic N) is 1. The van der Waals surface area contributed by atoms with Crippen molar-refractivity contribution in [2.24, 2.45) is 0 Å². The molecule has 0 bridgehead atoms. The maximum absolute atomic E-state index is 12.8. The molecule has 0 fully saturated rings. The van der Waals surface area contributed by atoms with E-state index in [1.54, 1.807) is 30.6 Å². The molecule has 82 valence electrons. The topological polar surface area (TPSA) is 22.1 Å². The molecule has 2 nitrogen and oxygen atoms in total. The van der Waals surface area contributed by atoms with Crippen molar-refractivity contribution < 1.29 is 9.13 Å². The van der Waals surface area contributed by atoms with Crippen LogP contribution in [0, 0.1) is 5.82 Å². The summed E-state index contributed by atoms with van der Waals surface area (Å²) in [6.45, 7) is 0.296. The fraction of sp³-hybridized carbons (Fsp3) is 0.0833. The Hall–Kier alpha value is -1.61. The van der Waals surface area contributed by atoms with E-state index in [0.29, 0.717) is 17.4 Å². The minimum Gasteiger partial charge on any atom is -0.487 e. The van der Waals surface area contributed by atoms with Gasteiger partial charge >= 0.3 is 0 Å². The van der Waals surface area contributed by atoms with Crippen molar-refractivity contribution in [1.29, 1.82) is 0 Å². The van der Waals surface area contributed by atoms with Gasteiger partial charge in [-0.2, -0.15) is 0 Å². The van der Waals surface area contributed by atoms with E-state index in [2.05, 4.69) is 4.98 Å². The van der Waals surface area contributed by atoms with Crippen LogP contribution < -0.4 is 4.74 Å². The van der Waals surface area contributed by atoms with Crippen molar-refractivity contribution in [3.05, 3.63) is 59.1 Å². The third kappa shape index (κ3) is 2.70. The van der Waals surface area contributed by atoms with Gasteiger partial charge in [0, 0.05) is 11.8 Å². The molecular weight excluding hydrogens is 229 g/mol. The van der Waals surface area contributed by atoms with Gasteiger partial charge in [-0.1, -0.05) is 17.7 Å². The van der Waals surface area contributed by atoms with Crippen LogP contribution >= 0.6 is 11.6 Å². The summed E-state index contributed by atoms with van der Waals surface area (Å²) in [4.78, 5) is 3.92. The second-order valence-corrected chi connectivity index (χ2v) is 3.62. The summed E-state index contributed by atoms with van der Waals surface area (Å²) in [7, 11) is 0. The first-order valence-corrected chi connectivity index (χ1v) is 5.10. The summed E-state index contributed by atoms with van der Waals surface area (Å²) >= 11 is 5.86. The first kappa shape index (κ1) is 10.9. The molecule has 16 heavy (non-hydrogen) atoms. The predicted molar refractivity (Wildman–Crippen MR) is 60.0 cm³/mol. The van der Waals surface area contributed by atoms with Crippen molar-refractivity contribution >= 4 is 11.6 Å². The van der Waals surface area contributed by atoms with Crippen LogP contribution in [-0.4, -0.2) is 4.98 Å². The SMILES string of the molecule is Fc1ccc(COc2cccnc2)c(Cl)c1. The zero-order valence-electron chi connectivity index (χ0n) is 8.36. The van der Waals surface area contributed by atoms with E-state index in [4.69, 9.17) is 16.3 Å². The van der Waals surface area contributed by atoms with Gasteiger partial charge < -0.3 is 4.74 Å². The summed E-state index contributed by atoms with van der Waals surface area (Å²) in [6.07, 6.45) is 3.27. The second-order valence-electron chi connectivity index (χ2n) is 3.21. The molecule has 4 heteroatoms. The highest BCUT2D eigenvalue weighted by Gasteiger charge is 2.02. The number of benzene rings is 1. The smallest absolute Gasteiger partial charge is 0.138 e. The Bertz CT molecular complexity index is 476. The van der Waals surface area contributed by atoms with Gasteiger partial charge in [0.25, 0.3) is 0 Å². The zero-order chi connectivity index (χ0) is 11.4. The molecule has 0 amide bonds. The third-order valence-electron chi connectivity index (χ3n) is 2.04. The summed E-state index contributed by atoms with van der Waals surface area (Å²) in [6, 6.07) is 7.80. The first-order chi connectivity index (χ1) is 7.75. The van der Waals surface area contributed by atoms with Crippen LogP contribution in [0.2, 0.25) is 5.02 Å². The van der Waals surface area contributed by atoms with Gasteiger partial charge in [0.1, 0.15) is 18.2 Å². The van der Waals surface area contributed by atoms with Crippen LogP contribution in [-0.2, 0) is 6.61 Å². The Morgan fingerprint density at radius 3 is 2.88 bits per heavy atom. The molecule has 1 heterocycles. The van der Waals surface area contributed by atoms with Gasteiger partial charge in [-0.15, -0.1) is 0 Å². The van der Waals surface area contributed by atoms with Crippen molar-refractivity contribution in [3.63, 3.8) is 0 Å². The van der Waals surface area contributed by atoms with E-state index in [9.17, 15) is 4.39 Å². The van der Waals surface area contributed by atoms with Crippen LogP contribution in [0.4, 0.5) is 4.39 Å². The molecule has 2 aromatic rings. The predicted octanol–water partition coefficient (Wildman–Crippen LogP) is 3.45. The highest BCUT2D eigenvalue weighted by molar-refractivity contribution is 6.31. The lowest BCUT2D eigenvalue weighted by atomic mass is 10.2. The number of rotatable bonds is 3. The molecule has 1 aromatic carbocycles. The minimum absolute atomic E-state index is 0.296.